The van der Waals surface area contributed by atoms with Crippen LogP contribution in [0.3, 0.4) is 0 Å². The first kappa shape index (κ1) is 33.8. The quantitative estimate of drug-likeness (QED) is 0.302. The normalized spacial score (nSPS) is 23.1. The molecule has 1 aromatic heterocycles. The lowest BCUT2D eigenvalue weighted by Crippen LogP contribution is -2.47. The number of hydrogen-bond acceptors (Lipinski definition) is 8. The maximum atomic E-state index is 13.6. The molecule has 0 bridgehead atoms. The Labute approximate surface area is 280 Å². The number of likely N-dealkylation sites (tertiary alicyclic amines) is 1. The average Bonchev–Trinajstić information content (AvgIpc) is 3.84. The molecule has 48 heavy (non-hydrogen) atoms. The van der Waals surface area contributed by atoms with Gasteiger partial charge in [0.1, 0.15) is 6.17 Å². The molecular weight excluding hydrogens is 615 g/mol. The van der Waals surface area contributed by atoms with Crippen molar-refractivity contribution in [2.24, 2.45) is 5.92 Å². The van der Waals surface area contributed by atoms with Crippen molar-refractivity contribution < 1.29 is 27.9 Å². The highest BCUT2D eigenvalue weighted by Crippen LogP contribution is 2.28. The zero-order valence-electron chi connectivity index (χ0n) is 27.8. The number of halogens is 1. The van der Waals surface area contributed by atoms with E-state index in [0.717, 1.165) is 49.5 Å². The summed E-state index contributed by atoms with van der Waals surface area (Å²) in [5.41, 5.74) is 4.22. The van der Waals surface area contributed by atoms with E-state index in [9.17, 15) is 18.8 Å². The minimum Gasteiger partial charge on any atom is -0.436 e. The van der Waals surface area contributed by atoms with Crippen LogP contribution < -0.4 is 16.0 Å². The van der Waals surface area contributed by atoms with Gasteiger partial charge in [0.25, 0.3) is 5.91 Å². The molecule has 12 heteroatoms. The molecule has 2 aromatic carbocycles. The van der Waals surface area contributed by atoms with Crippen LogP contribution in [-0.4, -0.2) is 103 Å². The van der Waals surface area contributed by atoms with Gasteiger partial charge in [-0.05, 0) is 48.7 Å². The average molecular weight is 661 g/mol. The summed E-state index contributed by atoms with van der Waals surface area (Å²) in [6.45, 7) is 10.6. The summed E-state index contributed by atoms with van der Waals surface area (Å²) in [5, 5.41) is 8.89. The molecule has 3 aliphatic rings. The van der Waals surface area contributed by atoms with Gasteiger partial charge in [-0.15, -0.1) is 0 Å². The van der Waals surface area contributed by atoms with Crippen molar-refractivity contribution in [2.75, 3.05) is 45.9 Å². The Hall–Kier alpha value is -4.13. The van der Waals surface area contributed by atoms with Gasteiger partial charge in [-0.1, -0.05) is 32.0 Å². The number of nitrogens with one attached hydrogen (secondary N) is 3. The molecule has 6 rings (SSSR count). The largest absolute Gasteiger partial charge is 0.436 e. The van der Waals surface area contributed by atoms with Crippen LogP contribution in [0.15, 0.2) is 53.1 Å². The van der Waals surface area contributed by atoms with Gasteiger partial charge in [0.15, 0.2) is 5.76 Å². The Morgan fingerprint density at radius 1 is 1.06 bits per heavy atom. The molecule has 3 amide bonds. The number of carbonyl (C=O) groups excluding carboxylic acids is 3. The van der Waals surface area contributed by atoms with E-state index < -0.39 is 12.2 Å². The number of oxazole rings is 1. The maximum absolute atomic E-state index is 13.6. The third-order valence-electron chi connectivity index (χ3n) is 9.40. The molecule has 0 spiro atoms. The fourth-order valence-corrected chi connectivity index (χ4v) is 6.70. The Bertz CT molecular complexity index is 1600. The van der Waals surface area contributed by atoms with Gasteiger partial charge in [0, 0.05) is 74.3 Å². The number of amides is 3. The van der Waals surface area contributed by atoms with Gasteiger partial charge < -0.3 is 30.0 Å². The summed E-state index contributed by atoms with van der Waals surface area (Å²) in [5.74, 6) is 0.364. The van der Waals surface area contributed by atoms with Crippen molar-refractivity contribution in [3.8, 4) is 22.8 Å². The SMILES string of the molecule is Cc1cc(-c2cnc(-c3ccc(CN4CCOCC4)cc3)o2)ccc1C(=O)NC[C@H]1C[C@@H](NC(=O)[C@@H]2C[C@H](F)CN2)CN1C(=O)C(C)C. The number of benzene rings is 2. The highest BCUT2D eigenvalue weighted by atomic mass is 19.1. The Balaban J connectivity index is 1.06. The van der Waals surface area contributed by atoms with Crippen LogP contribution in [-0.2, 0) is 20.9 Å². The first-order valence-corrected chi connectivity index (χ1v) is 16.9. The van der Waals surface area contributed by atoms with Gasteiger partial charge in [-0.2, -0.15) is 0 Å². The van der Waals surface area contributed by atoms with Crippen LogP contribution in [0.2, 0.25) is 0 Å². The fraction of sp³-hybridized carbons (Fsp3) is 0.500. The third-order valence-corrected chi connectivity index (χ3v) is 9.40. The van der Waals surface area contributed by atoms with Crippen molar-refractivity contribution in [2.45, 2.75) is 64.5 Å². The van der Waals surface area contributed by atoms with Crippen molar-refractivity contribution >= 4 is 17.7 Å². The Kier molecular flexibility index (Phi) is 10.5. The number of ether oxygens (including phenoxy) is 1. The summed E-state index contributed by atoms with van der Waals surface area (Å²) in [4.78, 5) is 47.7. The molecule has 4 heterocycles. The second-order valence-corrected chi connectivity index (χ2v) is 13.4. The van der Waals surface area contributed by atoms with Gasteiger partial charge in [-0.25, -0.2) is 9.37 Å². The van der Waals surface area contributed by atoms with Crippen molar-refractivity contribution in [3.05, 3.63) is 65.4 Å². The molecular formula is C36H45FN6O5. The smallest absolute Gasteiger partial charge is 0.251 e. The molecule has 256 valence electrons. The highest BCUT2D eigenvalue weighted by Gasteiger charge is 2.38. The van der Waals surface area contributed by atoms with E-state index in [2.05, 4.69) is 38.0 Å². The van der Waals surface area contributed by atoms with Gasteiger partial charge in [0.05, 0.1) is 31.5 Å². The van der Waals surface area contributed by atoms with Gasteiger partial charge in [-0.3, -0.25) is 19.3 Å². The first-order chi connectivity index (χ1) is 23.1. The second kappa shape index (κ2) is 15.0. The van der Waals surface area contributed by atoms with Crippen molar-refractivity contribution in [1.29, 1.82) is 0 Å². The van der Waals surface area contributed by atoms with E-state index in [1.165, 1.54) is 5.56 Å². The molecule has 0 radical (unpaired) electrons. The number of aryl methyl sites for hydroxylation is 1. The monoisotopic (exact) mass is 660 g/mol. The molecule has 3 aliphatic heterocycles. The van der Waals surface area contributed by atoms with E-state index in [1.54, 1.807) is 17.2 Å². The predicted molar refractivity (Wildman–Crippen MR) is 179 cm³/mol. The molecule has 3 N–H and O–H groups in total. The molecule has 3 saturated heterocycles. The topological polar surface area (TPSA) is 129 Å². The zero-order valence-corrected chi connectivity index (χ0v) is 27.8. The predicted octanol–water partition coefficient (Wildman–Crippen LogP) is 3.32. The number of aromatic nitrogens is 1. The number of carbonyl (C=O) groups is 3. The molecule has 4 atom stereocenters. The van der Waals surface area contributed by atoms with Crippen molar-refractivity contribution in [3.63, 3.8) is 0 Å². The van der Waals surface area contributed by atoms with Crippen molar-refractivity contribution in [1.82, 2.24) is 30.7 Å². The summed E-state index contributed by atoms with van der Waals surface area (Å²) in [6, 6.07) is 12.6. The number of morpholine rings is 1. The summed E-state index contributed by atoms with van der Waals surface area (Å²) < 4.78 is 25.2. The van der Waals surface area contributed by atoms with Gasteiger partial charge in [0.2, 0.25) is 17.7 Å². The maximum Gasteiger partial charge on any atom is 0.251 e. The minimum absolute atomic E-state index is 0.0373. The zero-order chi connectivity index (χ0) is 33.8. The van der Waals surface area contributed by atoms with E-state index in [0.29, 0.717) is 30.2 Å². The van der Waals surface area contributed by atoms with E-state index in [-0.39, 0.29) is 55.2 Å². The summed E-state index contributed by atoms with van der Waals surface area (Å²) in [6.07, 6.45) is 1.30. The van der Waals surface area contributed by atoms with Crippen LogP contribution in [0.4, 0.5) is 4.39 Å². The van der Waals surface area contributed by atoms with Crippen LogP contribution in [0, 0.1) is 12.8 Å². The van der Waals surface area contributed by atoms with E-state index in [1.807, 2.05) is 45.0 Å². The lowest BCUT2D eigenvalue weighted by atomic mass is 10.0. The first-order valence-electron chi connectivity index (χ1n) is 16.9. The lowest BCUT2D eigenvalue weighted by molar-refractivity contribution is -0.135. The van der Waals surface area contributed by atoms with Crippen LogP contribution in [0.25, 0.3) is 22.8 Å². The molecule has 0 saturated carbocycles. The van der Waals surface area contributed by atoms with E-state index >= 15 is 0 Å². The van der Waals surface area contributed by atoms with E-state index in [4.69, 9.17) is 9.15 Å². The lowest BCUT2D eigenvalue weighted by Gasteiger charge is -2.26. The van der Waals surface area contributed by atoms with Crippen LogP contribution >= 0.6 is 0 Å². The molecule has 11 nitrogen and oxygen atoms in total. The Morgan fingerprint density at radius 3 is 2.50 bits per heavy atom. The second-order valence-electron chi connectivity index (χ2n) is 13.4. The van der Waals surface area contributed by atoms with Crippen LogP contribution in [0.5, 0.6) is 0 Å². The number of hydrogen-bond donors (Lipinski definition) is 3. The highest BCUT2D eigenvalue weighted by molar-refractivity contribution is 5.96. The fourth-order valence-electron chi connectivity index (χ4n) is 6.70. The molecule has 0 unspecified atom stereocenters. The minimum atomic E-state index is -1.04. The molecule has 0 aliphatic carbocycles. The summed E-state index contributed by atoms with van der Waals surface area (Å²) >= 11 is 0. The standard InChI is InChI=1S/C36H45FN6O5/c1-22(2)36(46)43-21-28(41-34(45)31-15-27(37)17-38-31)16-29(43)18-39-33(44)30-9-8-26(14-23(30)3)32-19-40-35(48-32)25-6-4-24(5-7-25)20-42-10-12-47-13-11-42/h4-9,14,19,22,27-29,31,38H,10-13,15-18,20-21H2,1-3H3,(H,39,44)(H,41,45)/t27-,28+,29+,31-/m0/s1. The number of rotatable bonds is 10. The number of nitrogens with zero attached hydrogens (tertiary/aromatic N) is 3. The molecule has 3 fully saturated rings. The Morgan fingerprint density at radius 2 is 1.81 bits per heavy atom. The summed E-state index contributed by atoms with van der Waals surface area (Å²) in [7, 11) is 0. The number of alkyl halides is 1. The molecule has 3 aromatic rings. The van der Waals surface area contributed by atoms with Crippen LogP contribution in [0.1, 0.15) is 48.2 Å². The third kappa shape index (κ3) is 7.94. The van der Waals surface area contributed by atoms with Gasteiger partial charge >= 0.3 is 0 Å².